The highest BCUT2D eigenvalue weighted by atomic mass is 16.3. The molecule has 0 radical (unpaired) electrons. The second-order valence-corrected chi connectivity index (χ2v) is 4.10. The highest BCUT2D eigenvalue weighted by Gasteiger charge is 2.09. The largest absolute Gasteiger partial charge is 0.388 e. The lowest BCUT2D eigenvalue weighted by atomic mass is 9.98. The summed E-state index contributed by atoms with van der Waals surface area (Å²) >= 11 is 0. The van der Waals surface area contributed by atoms with Crippen molar-refractivity contribution < 1.29 is 5.11 Å². The van der Waals surface area contributed by atoms with Gasteiger partial charge in [0.05, 0.1) is 6.10 Å². The van der Waals surface area contributed by atoms with Gasteiger partial charge in [-0.25, -0.2) is 0 Å². The molecule has 0 bridgehead atoms. The maximum atomic E-state index is 10.1. The van der Waals surface area contributed by atoms with Crippen LogP contribution in [0.4, 0.5) is 0 Å². The first-order valence-electron chi connectivity index (χ1n) is 5.83. The Bertz CT molecular complexity index is 462. The molecule has 2 rings (SSSR count). The first-order chi connectivity index (χ1) is 7.83. The minimum absolute atomic E-state index is 0.356. The minimum Gasteiger partial charge on any atom is -0.388 e. The fourth-order valence-electron chi connectivity index (χ4n) is 1.99. The molecule has 0 fully saturated rings. The highest BCUT2D eigenvalue weighted by Crippen LogP contribution is 2.26. The van der Waals surface area contributed by atoms with Gasteiger partial charge in [-0.05, 0) is 23.4 Å². The van der Waals surface area contributed by atoms with E-state index in [1.165, 1.54) is 0 Å². The van der Waals surface area contributed by atoms with Gasteiger partial charge in [0.1, 0.15) is 0 Å². The van der Waals surface area contributed by atoms with Gasteiger partial charge in [0.25, 0.3) is 0 Å². The number of aliphatic hydroxyl groups excluding tert-OH is 1. The van der Waals surface area contributed by atoms with Gasteiger partial charge in [0, 0.05) is 17.8 Å². The zero-order valence-electron chi connectivity index (χ0n) is 9.56. The minimum atomic E-state index is -0.356. The van der Waals surface area contributed by atoms with E-state index in [-0.39, 0.29) is 6.10 Å². The number of nitrogens with zero attached hydrogens (tertiary/aromatic N) is 1. The molecular weight excluding hydrogens is 198 g/mol. The van der Waals surface area contributed by atoms with Crippen LogP contribution in [0.2, 0.25) is 0 Å². The molecule has 0 aliphatic heterocycles. The van der Waals surface area contributed by atoms with E-state index < -0.39 is 0 Å². The van der Waals surface area contributed by atoms with Crippen molar-refractivity contribution in [1.29, 1.82) is 0 Å². The number of fused-ring (bicyclic) bond motifs is 1. The molecule has 1 N–H and O–H groups in total. The molecule has 84 valence electrons. The van der Waals surface area contributed by atoms with Crippen LogP contribution in [0.15, 0.2) is 36.7 Å². The van der Waals surface area contributed by atoms with Crippen LogP contribution in [-0.4, -0.2) is 10.1 Å². The van der Waals surface area contributed by atoms with E-state index in [1.54, 1.807) is 6.20 Å². The number of hydrogen-bond acceptors (Lipinski definition) is 2. The molecule has 2 nitrogen and oxygen atoms in total. The van der Waals surface area contributed by atoms with Gasteiger partial charge in [-0.3, -0.25) is 4.98 Å². The Balaban J connectivity index is 2.36. The number of aromatic nitrogens is 1. The summed E-state index contributed by atoms with van der Waals surface area (Å²) in [5.74, 6) is 0. The molecule has 1 heterocycles. The zero-order chi connectivity index (χ0) is 11.4. The van der Waals surface area contributed by atoms with E-state index in [4.69, 9.17) is 0 Å². The predicted molar refractivity (Wildman–Crippen MR) is 66.2 cm³/mol. The molecule has 2 heteroatoms. The van der Waals surface area contributed by atoms with Crippen molar-refractivity contribution in [2.24, 2.45) is 0 Å². The topological polar surface area (TPSA) is 33.1 Å². The summed E-state index contributed by atoms with van der Waals surface area (Å²) in [7, 11) is 0. The average Bonchev–Trinajstić information content (AvgIpc) is 2.35. The maximum Gasteiger partial charge on any atom is 0.0796 e. The summed E-state index contributed by atoms with van der Waals surface area (Å²) in [6.07, 6.45) is 6.26. The normalized spacial score (nSPS) is 12.9. The van der Waals surface area contributed by atoms with Crippen LogP contribution in [-0.2, 0) is 0 Å². The fourth-order valence-corrected chi connectivity index (χ4v) is 1.99. The van der Waals surface area contributed by atoms with Crippen LogP contribution >= 0.6 is 0 Å². The van der Waals surface area contributed by atoms with Crippen molar-refractivity contribution in [1.82, 2.24) is 4.98 Å². The lowest BCUT2D eigenvalue weighted by molar-refractivity contribution is 0.166. The molecule has 0 amide bonds. The predicted octanol–water partition coefficient (Wildman–Crippen LogP) is 3.46. The van der Waals surface area contributed by atoms with Gasteiger partial charge in [-0.15, -0.1) is 0 Å². The lowest BCUT2D eigenvalue weighted by Crippen LogP contribution is -1.98. The third-order valence-electron chi connectivity index (χ3n) is 2.90. The Hall–Kier alpha value is -1.41. The Kier molecular flexibility index (Phi) is 3.52. The molecule has 0 aliphatic carbocycles. The summed E-state index contributed by atoms with van der Waals surface area (Å²) in [6, 6.07) is 7.98. The number of aliphatic hydroxyl groups is 1. The maximum absolute atomic E-state index is 10.1. The SMILES string of the molecule is CCCCC(O)c1cccc2cnccc12. The van der Waals surface area contributed by atoms with E-state index in [0.29, 0.717) is 0 Å². The number of rotatable bonds is 4. The average molecular weight is 215 g/mol. The molecular formula is C14H17NO. The summed E-state index contributed by atoms with van der Waals surface area (Å²) in [6.45, 7) is 2.14. The van der Waals surface area contributed by atoms with Crippen molar-refractivity contribution in [2.75, 3.05) is 0 Å². The molecule has 16 heavy (non-hydrogen) atoms. The third-order valence-corrected chi connectivity index (χ3v) is 2.90. The van der Waals surface area contributed by atoms with Crippen LogP contribution in [0, 0.1) is 0 Å². The summed E-state index contributed by atoms with van der Waals surface area (Å²) in [5, 5.41) is 12.3. The summed E-state index contributed by atoms with van der Waals surface area (Å²) in [4.78, 5) is 4.09. The van der Waals surface area contributed by atoms with E-state index in [9.17, 15) is 5.11 Å². The lowest BCUT2D eigenvalue weighted by Gasteiger charge is -2.12. The van der Waals surface area contributed by atoms with Crippen LogP contribution in [0.1, 0.15) is 37.9 Å². The molecule has 0 aliphatic rings. The van der Waals surface area contributed by atoms with Crippen LogP contribution in [0.25, 0.3) is 10.8 Å². The smallest absolute Gasteiger partial charge is 0.0796 e. The molecule has 0 saturated carbocycles. The third kappa shape index (κ3) is 2.22. The van der Waals surface area contributed by atoms with Crippen molar-refractivity contribution in [3.63, 3.8) is 0 Å². The molecule has 1 unspecified atom stereocenters. The number of hydrogen-bond donors (Lipinski definition) is 1. The van der Waals surface area contributed by atoms with Crippen molar-refractivity contribution >= 4 is 10.8 Å². The van der Waals surface area contributed by atoms with Crippen LogP contribution in [0.5, 0.6) is 0 Å². The first kappa shape index (κ1) is 11.1. The first-order valence-corrected chi connectivity index (χ1v) is 5.83. The van der Waals surface area contributed by atoms with Gasteiger partial charge in [0.15, 0.2) is 0 Å². The second-order valence-electron chi connectivity index (χ2n) is 4.10. The molecule has 1 aromatic heterocycles. The Morgan fingerprint density at radius 2 is 2.19 bits per heavy atom. The molecule has 0 saturated heterocycles. The Morgan fingerprint density at radius 3 is 3.00 bits per heavy atom. The van der Waals surface area contributed by atoms with E-state index >= 15 is 0 Å². The van der Waals surface area contributed by atoms with E-state index in [2.05, 4.69) is 11.9 Å². The Labute approximate surface area is 96.0 Å². The van der Waals surface area contributed by atoms with Gasteiger partial charge in [0.2, 0.25) is 0 Å². The van der Waals surface area contributed by atoms with Crippen LogP contribution in [0.3, 0.4) is 0 Å². The van der Waals surface area contributed by atoms with Gasteiger partial charge >= 0.3 is 0 Å². The van der Waals surface area contributed by atoms with E-state index in [0.717, 1.165) is 35.6 Å². The standard InChI is InChI=1S/C14H17NO/c1-2-3-7-14(16)13-6-4-5-11-10-15-9-8-12(11)13/h4-6,8-10,14,16H,2-3,7H2,1H3. The molecule has 1 aromatic carbocycles. The number of benzene rings is 1. The number of pyridine rings is 1. The zero-order valence-corrected chi connectivity index (χ0v) is 9.56. The summed E-state index contributed by atoms with van der Waals surface area (Å²) in [5.41, 5.74) is 1.02. The Morgan fingerprint density at radius 1 is 1.31 bits per heavy atom. The number of unbranched alkanes of at least 4 members (excludes halogenated alkanes) is 1. The second kappa shape index (κ2) is 5.08. The van der Waals surface area contributed by atoms with Gasteiger partial charge in [-0.1, -0.05) is 38.0 Å². The monoisotopic (exact) mass is 215 g/mol. The highest BCUT2D eigenvalue weighted by molar-refractivity contribution is 5.85. The van der Waals surface area contributed by atoms with Gasteiger partial charge in [-0.2, -0.15) is 0 Å². The van der Waals surface area contributed by atoms with E-state index in [1.807, 2.05) is 30.5 Å². The van der Waals surface area contributed by atoms with Crippen molar-refractivity contribution in [2.45, 2.75) is 32.3 Å². The summed E-state index contributed by atoms with van der Waals surface area (Å²) < 4.78 is 0. The van der Waals surface area contributed by atoms with Crippen LogP contribution < -0.4 is 0 Å². The quantitative estimate of drug-likeness (QED) is 0.847. The van der Waals surface area contributed by atoms with Crippen molar-refractivity contribution in [3.05, 3.63) is 42.2 Å². The molecule has 0 spiro atoms. The molecule has 1 atom stereocenters. The fraction of sp³-hybridized carbons (Fsp3) is 0.357. The van der Waals surface area contributed by atoms with Gasteiger partial charge < -0.3 is 5.11 Å². The molecule has 2 aromatic rings. The van der Waals surface area contributed by atoms with Crippen molar-refractivity contribution in [3.8, 4) is 0 Å².